The average Bonchev–Trinajstić information content (AvgIpc) is 3.33. The van der Waals surface area contributed by atoms with E-state index < -0.39 is 23.1 Å². The molecule has 10 heteroatoms. The molecule has 3 aromatic rings. The zero-order valence-electron chi connectivity index (χ0n) is 20.1. The summed E-state index contributed by atoms with van der Waals surface area (Å²) in [6.45, 7) is 3.59. The topological polar surface area (TPSA) is 63.6 Å². The Morgan fingerprint density at radius 2 is 1.65 bits per heavy atom. The van der Waals surface area contributed by atoms with Crippen molar-refractivity contribution in [1.82, 2.24) is 0 Å². The number of carboxylic acids is 1. The molecule has 0 unspecified atom stereocenters. The van der Waals surface area contributed by atoms with Crippen molar-refractivity contribution < 1.29 is 32.6 Å². The van der Waals surface area contributed by atoms with E-state index in [4.69, 9.17) is 27.9 Å². The summed E-state index contributed by atoms with van der Waals surface area (Å²) in [6, 6.07) is 11.6. The van der Waals surface area contributed by atoms with Crippen molar-refractivity contribution in [3.8, 4) is 16.2 Å². The van der Waals surface area contributed by atoms with Gasteiger partial charge in [-0.15, -0.1) is 11.3 Å². The average molecular weight is 573 g/mol. The molecule has 0 saturated carbocycles. The van der Waals surface area contributed by atoms with Crippen molar-refractivity contribution in [1.29, 1.82) is 0 Å². The normalized spacial score (nSPS) is 12.0. The number of aryl methyl sites for hydroxylation is 1. The van der Waals surface area contributed by atoms with Gasteiger partial charge in [0.05, 0.1) is 27.5 Å². The van der Waals surface area contributed by atoms with Gasteiger partial charge in [-0.25, -0.2) is 0 Å². The highest BCUT2D eigenvalue weighted by Crippen LogP contribution is 2.37. The van der Waals surface area contributed by atoms with E-state index in [0.29, 0.717) is 45.9 Å². The number of Topliss-reactive ketones (excluding diaryl/α,β-unsaturated/α-hetero) is 1. The fourth-order valence-corrected chi connectivity index (χ4v) is 4.99. The molecule has 37 heavy (non-hydrogen) atoms. The highest BCUT2D eigenvalue weighted by Gasteiger charge is 2.30. The number of carbonyl (C=O) groups excluding carboxylic acids is 1. The molecule has 4 nitrogen and oxygen atoms in total. The Labute approximate surface area is 227 Å². The molecule has 0 bridgehead atoms. The number of aliphatic carboxylic acids is 1. The van der Waals surface area contributed by atoms with Crippen molar-refractivity contribution in [2.24, 2.45) is 5.41 Å². The first-order chi connectivity index (χ1) is 17.3. The number of hydrogen-bond donors (Lipinski definition) is 1. The molecule has 0 radical (unpaired) electrons. The van der Waals surface area contributed by atoms with Crippen LogP contribution in [-0.2, 0) is 17.4 Å². The lowest BCUT2D eigenvalue weighted by Crippen LogP contribution is -2.24. The number of carboxylic acid groups (broad SMARTS) is 1. The van der Waals surface area contributed by atoms with Gasteiger partial charge >= 0.3 is 12.1 Å². The second kappa shape index (κ2) is 11.9. The van der Waals surface area contributed by atoms with Gasteiger partial charge in [-0.3, -0.25) is 9.59 Å². The fourth-order valence-electron chi connectivity index (χ4n) is 3.52. The first kappa shape index (κ1) is 29.0. The van der Waals surface area contributed by atoms with E-state index in [1.807, 2.05) is 0 Å². The van der Waals surface area contributed by atoms with Crippen molar-refractivity contribution in [2.75, 3.05) is 6.61 Å². The third kappa shape index (κ3) is 7.49. The van der Waals surface area contributed by atoms with E-state index in [1.165, 1.54) is 23.5 Å². The number of carbonyl (C=O) groups is 2. The first-order valence-electron chi connectivity index (χ1n) is 11.4. The van der Waals surface area contributed by atoms with Gasteiger partial charge in [-0.05, 0) is 74.6 Å². The molecule has 0 aliphatic carbocycles. The highest BCUT2D eigenvalue weighted by molar-refractivity contribution is 7.17. The van der Waals surface area contributed by atoms with Crippen LogP contribution in [0.2, 0.25) is 10.0 Å². The van der Waals surface area contributed by atoms with Crippen LogP contribution in [0.15, 0.2) is 48.5 Å². The molecule has 198 valence electrons. The zero-order chi connectivity index (χ0) is 27.4. The number of ketones is 1. The Morgan fingerprint density at radius 1 is 0.973 bits per heavy atom. The lowest BCUT2D eigenvalue weighted by Gasteiger charge is -2.19. The largest absolute Gasteiger partial charge is 0.492 e. The summed E-state index contributed by atoms with van der Waals surface area (Å²) in [6.07, 6.45) is -2.91. The molecule has 2 aromatic carbocycles. The van der Waals surface area contributed by atoms with Crippen LogP contribution >= 0.6 is 34.5 Å². The zero-order valence-corrected chi connectivity index (χ0v) is 22.5. The van der Waals surface area contributed by atoms with Crippen LogP contribution in [-0.4, -0.2) is 23.5 Å². The third-order valence-corrected chi connectivity index (χ3v) is 7.99. The summed E-state index contributed by atoms with van der Waals surface area (Å²) < 4.78 is 44.0. The van der Waals surface area contributed by atoms with Crippen LogP contribution in [0, 0.1) is 5.41 Å². The lowest BCUT2D eigenvalue weighted by atomic mass is 9.88. The number of hydrogen-bond acceptors (Lipinski definition) is 4. The number of halogens is 5. The third-order valence-electron chi connectivity index (χ3n) is 5.91. The van der Waals surface area contributed by atoms with Gasteiger partial charge in [0.2, 0.25) is 0 Å². The van der Waals surface area contributed by atoms with Crippen LogP contribution in [0.5, 0.6) is 5.75 Å². The Bertz CT molecular complexity index is 1270. The molecule has 0 fully saturated rings. The summed E-state index contributed by atoms with van der Waals surface area (Å²) >= 11 is 14.0. The first-order valence-corrected chi connectivity index (χ1v) is 13.0. The van der Waals surface area contributed by atoms with Gasteiger partial charge in [0.15, 0.2) is 5.78 Å². The second-order valence-electron chi connectivity index (χ2n) is 9.15. The molecule has 0 aliphatic heterocycles. The van der Waals surface area contributed by atoms with Crippen LogP contribution in [0.4, 0.5) is 13.2 Å². The summed E-state index contributed by atoms with van der Waals surface area (Å²) in [5, 5.41) is 9.69. The van der Waals surface area contributed by atoms with Gasteiger partial charge in [-0.1, -0.05) is 41.4 Å². The number of rotatable bonds is 11. The van der Waals surface area contributed by atoms with E-state index in [1.54, 1.807) is 38.1 Å². The lowest BCUT2D eigenvalue weighted by molar-refractivity contribution is -0.147. The minimum absolute atomic E-state index is 0.114. The fraction of sp³-hybridized carbons (Fsp3) is 0.333. The second-order valence-corrected chi connectivity index (χ2v) is 11.0. The molecule has 0 atom stereocenters. The minimum atomic E-state index is -4.40. The van der Waals surface area contributed by atoms with Gasteiger partial charge in [0, 0.05) is 11.3 Å². The summed E-state index contributed by atoms with van der Waals surface area (Å²) in [5.74, 6) is -0.600. The van der Waals surface area contributed by atoms with E-state index in [9.17, 15) is 27.9 Å². The predicted octanol–water partition coefficient (Wildman–Crippen LogP) is 8.83. The predicted molar refractivity (Wildman–Crippen MR) is 140 cm³/mol. The van der Waals surface area contributed by atoms with E-state index in [2.05, 4.69) is 0 Å². The molecule has 0 amide bonds. The summed E-state index contributed by atoms with van der Waals surface area (Å²) in [4.78, 5) is 25.1. The SMILES string of the molecule is CC(C)(CCCOc1ccc(CCC(=O)c2ccc(-c3ccc(C(F)(F)F)cc3)s2)c(Cl)c1Cl)C(=O)O. The summed E-state index contributed by atoms with van der Waals surface area (Å²) in [5.41, 5.74) is -0.284. The Morgan fingerprint density at radius 3 is 2.27 bits per heavy atom. The molecular formula is C27H25Cl2F3O4S. The molecular weight excluding hydrogens is 548 g/mol. The van der Waals surface area contributed by atoms with Crippen molar-refractivity contribution in [3.05, 3.63) is 74.6 Å². The van der Waals surface area contributed by atoms with E-state index >= 15 is 0 Å². The monoisotopic (exact) mass is 572 g/mol. The Balaban J connectivity index is 1.57. The van der Waals surface area contributed by atoms with Crippen LogP contribution in [0.3, 0.4) is 0 Å². The van der Waals surface area contributed by atoms with Gasteiger partial charge in [0.25, 0.3) is 0 Å². The molecule has 0 aliphatic rings. The molecule has 1 aromatic heterocycles. The van der Waals surface area contributed by atoms with Crippen molar-refractivity contribution >= 4 is 46.3 Å². The van der Waals surface area contributed by atoms with Crippen molar-refractivity contribution in [2.45, 2.75) is 45.7 Å². The molecule has 0 saturated heterocycles. The molecule has 3 rings (SSSR count). The van der Waals surface area contributed by atoms with Crippen LogP contribution < -0.4 is 4.74 Å². The number of thiophene rings is 1. The van der Waals surface area contributed by atoms with Crippen molar-refractivity contribution in [3.63, 3.8) is 0 Å². The highest BCUT2D eigenvalue weighted by atomic mass is 35.5. The quantitative estimate of drug-likeness (QED) is 0.184. The molecule has 1 N–H and O–H groups in total. The van der Waals surface area contributed by atoms with E-state index in [0.717, 1.165) is 12.1 Å². The maximum absolute atomic E-state index is 12.8. The molecule has 0 spiro atoms. The van der Waals surface area contributed by atoms with Gasteiger partial charge in [-0.2, -0.15) is 13.2 Å². The number of benzene rings is 2. The smallest absolute Gasteiger partial charge is 0.416 e. The van der Waals surface area contributed by atoms with E-state index in [-0.39, 0.29) is 28.9 Å². The van der Waals surface area contributed by atoms with Crippen LogP contribution in [0.25, 0.3) is 10.4 Å². The standard InChI is InChI=1S/C27H25Cl2F3O4S/c1-26(2,25(34)35)14-3-15-36-20-11-7-17(23(28)24(20)29)6-10-19(33)22-13-12-21(37-22)16-4-8-18(9-5-16)27(30,31)32/h4-5,7-9,11-13H,3,6,10,14-15H2,1-2H3,(H,34,35). The maximum Gasteiger partial charge on any atom is 0.416 e. The van der Waals surface area contributed by atoms with Gasteiger partial charge in [0.1, 0.15) is 10.8 Å². The molecule has 1 heterocycles. The van der Waals surface area contributed by atoms with Crippen LogP contribution in [0.1, 0.15) is 53.9 Å². The minimum Gasteiger partial charge on any atom is -0.492 e. The summed E-state index contributed by atoms with van der Waals surface area (Å²) in [7, 11) is 0. The number of alkyl halides is 3. The number of ether oxygens (including phenoxy) is 1. The maximum atomic E-state index is 12.8. The van der Waals surface area contributed by atoms with Gasteiger partial charge < -0.3 is 9.84 Å². The Kier molecular flexibility index (Phi) is 9.32. The Hall–Kier alpha value is -2.55.